The second-order valence-electron chi connectivity index (χ2n) is 35.7. The summed E-state index contributed by atoms with van der Waals surface area (Å²) in [5.74, 6) is 6.98. The first kappa shape index (κ1) is 95.8. The molecule has 0 atom stereocenters. The fraction of sp³-hybridized carbons (Fsp3) is 0.484. The Morgan fingerprint density at radius 2 is 0.620 bits per heavy atom. The number of aromatic nitrogens is 10. The van der Waals surface area contributed by atoms with E-state index in [9.17, 15) is 53.9 Å². The topological polar surface area (TPSA) is 292 Å². The fourth-order valence-electron chi connectivity index (χ4n) is 17.1. The highest BCUT2D eigenvalue weighted by molar-refractivity contribution is 6.42. The molecule has 0 radical (unpaired) electrons. The van der Waals surface area contributed by atoms with Crippen LogP contribution in [0.1, 0.15) is 163 Å². The molecule has 2 saturated heterocycles. The van der Waals surface area contributed by atoms with Gasteiger partial charge in [-0.05, 0) is 228 Å². The molecule has 6 aromatic carbocycles. The molecule has 5 aromatic heterocycles. The van der Waals surface area contributed by atoms with Gasteiger partial charge in [-0.3, -0.25) is 71.3 Å². The second kappa shape index (κ2) is 41.8. The summed E-state index contributed by atoms with van der Waals surface area (Å²) in [5.41, 5.74) is 0.738. The minimum atomic E-state index is -0.282. The Morgan fingerprint density at radius 3 is 0.915 bits per heavy atom. The summed E-state index contributed by atoms with van der Waals surface area (Å²) in [6, 6.07) is 13.8. The third kappa shape index (κ3) is 22.8. The average Bonchev–Trinajstić information content (AvgIpc) is 0.916. The van der Waals surface area contributed by atoms with Gasteiger partial charge >= 0.3 is 0 Å². The van der Waals surface area contributed by atoms with Crippen molar-refractivity contribution in [2.24, 2.45) is 29.6 Å². The number of hydrogen-bond acceptors (Lipinski definition) is 20. The van der Waals surface area contributed by atoms with Gasteiger partial charge in [0.1, 0.15) is 62.5 Å². The highest BCUT2D eigenvalue weighted by Gasteiger charge is 2.34. The highest BCUT2D eigenvalue weighted by Crippen LogP contribution is 2.43. The number of benzene rings is 6. The number of phenolic OH excluding ortho intramolecular Hbond substituents is 5. The zero-order chi connectivity index (χ0) is 91.7. The largest absolute Gasteiger partial charge is 0.504 e. The van der Waals surface area contributed by atoms with Crippen LogP contribution in [0.25, 0.3) is 54.5 Å². The maximum absolute atomic E-state index is 13.2. The lowest BCUT2D eigenvalue weighted by Crippen LogP contribution is -2.36. The summed E-state index contributed by atoms with van der Waals surface area (Å²) in [4.78, 5) is 99.3. The number of likely N-dealkylation sites (tertiary alicyclic amines) is 2. The molecule has 0 spiro atoms. The van der Waals surface area contributed by atoms with Crippen LogP contribution in [-0.4, -0.2) is 158 Å². The van der Waals surface area contributed by atoms with Crippen LogP contribution in [0, 0.1) is 47.8 Å². The molecule has 8 fully saturated rings. The van der Waals surface area contributed by atoms with Gasteiger partial charge in [0.05, 0.1) is 116 Å². The smallest absolute Gasteiger partial charge is 0.263 e. The van der Waals surface area contributed by atoms with Gasteiger partial charge in [0, 0.05) is 45.3 Å². The first-order valence-corrected chi connectivity index (χ1v) is 47.8. The summed E-state index contributed by atoms with van der Waals surface area (Å²) in [7, 11) is 5.84. The quantitative estimate of drug-likeness (QED) is 0.0351. The van der Waals surface area contributed by atoms with E-state index in [0.29, 0.717) is 143 Å². The lowest BCUT2D eigenvalue weighted by Gasteiger charge is -2.31. The number of piperidine rings is 1. The Kier molecular flexibility index (Phi) is 31.0. The zero-order valence-corrected chi connectivity index (χ0v) is 79.4. The minimum Gasteiger partial charge on any atom is -0.504 e. The number of hydrogen-bond donors (Lipinski definition) is 5. The number of rotatable bonds is 24. The number of halogens is 11. The molecular formula is C93H102Cl10FN15O10. The van der Waals surface area contributed by atoms with E-state index < -0.39 is 0 Å². The average molecular weight is 1960 g/mol. The van der Waals surface area contributed by atoms with Crippen LogP contribution in [0.3, 0.4) is 0 Å². The van der Waals surface area contributed by atoms with Crippen LogP contribution >= 0.6 is 116 Å². The molecular weight excluding hydrogens is 1860 g/mol. The number of terminal acetylenes is 1. The summed E-state index contributed by atoms with van der Waals surface area (Å²) < 4.78 is 21.7. The highest BCUT2D eigenvalue weighted by atomic mass is 35.5. The fourth-order valence-corrected chi connectivity index (χ4v) is 19.7. The van der Waals surface area contributed by atoms with Crippen LogP contribution in [0.5, 0.6) is 28.7 Å². The molecule has 8 aliphatic rings. The van der Waals surface area contributed by atoms with E-state index in [1.165, 1.54) is 107 Å². The van der Waals surface area contributed by atoms with Gasteiger partial charge < -0.3 is 25.5 Å². The van der Waals surface area contributed by atoms with Crippen molar-refractivity contribution >= 4 is 171 Å². The maximum Gasteiger partial charge on any atom is 0.263 e. The Labute approximate surface area is 794 Å². The molecule has 36 heteroatoms. The van der Waals surface area contributed by atoms with Gasteiger partial charge in [0.15, 0.2) is 28.7 Å². The first-order chi connectivity index (χ1) is 61.8. The summed E-state index contributed by atoms with van der Waals surface area (Å²) >= 11 is 61.3. The van der Waals surface area contributed by atoms with E-state index in [1.807, 2.05) is 23.9 Å². The monoisotopic (exact) mass is 1960 g/mol. The Balaban J connectivity index is 0.000000124. The van der Waals surface area contributed by atoms with Gasteiger partial charge in [-0.15, -0.1) is 6.42 Å². The third-order valence-electron chi connectivity index (χ3n) is 25.2. The number of aromatic hydroxyl groups is 5. The number of fused-ring (bicyclic) bond motifs is 5. The second-order valence-corrected chi connectivity index (χ2v) is 39.8. The van der Waals surface area contributed by atoms with Crippen molar-refractivity contribution in [3.8, 4) is 41.1 Å². The Hall–Kier alpha value is -7.79. The van der Waals surface area contributed by atoms with Crippen molar-refractivity contribution in [1.29, 1.82) is 0 Å². The van der Waals surface area contributed by atoms with Crippen molar-refractivity contribution in [1.82, 2.24) is 72.3 Å². The third-order valence-corrected chi connectivity index (χ3v) is 28.1. The standard InChI is InChI=1S/C21H20Cl2FN3O2.C20H25Cl2N3O2.C18H21Cl2N3O2.C17H19Cl2N3O2.C17H17Cl2N3O2/c1-26(9-12-4-6-14(24)7-5-12)11-17-25-19-18(15(22)8-16(23)20(19)28)21(29)27(17)10-13-2-3-13;1-24(13-5-3-2-4-6-13)11-16-23-18-17(14(21)9-15(22)19(18)26)20(27)25(16)10-12-7-8-12;19-12-8-13(20)17(24)16-15(12)18(25)23(9-11-4-5-11)14(21-16)10-22-6-2-1-3-7-22;18-11-7-12(19)16(23)15-14(11)17(24)22(8-10-3-4-10)13(20-15)9-21-5-1-2-6-21;1-3-6-21(2)9-13-20-15-14(11(18)7-12(19)16(15)23)17(24)22(13)8-10-4-5-10/h4-8,13,28H,2-3,9-11H2,1H3;9,12-13,26H,2-8,10-11H2,1H3;8,11,24H,1-7,9-10H2;7,10,23H,1-6,8-9H2;1,7,10,23H,4-6,8-9H2,2H3. The molecule has 11 aromatic rings. The van der Waals surface area contributed by atoms with Gasteiger partial charge in [-0.25, -0.2) is 29.3 Å². The predicted octanol–water partition coefficient (Wildman–Crippen LogP) is 19.3. The van der Waals surface area contributed by atoms with Crippen LogP contribution in [-0.2, 0) is 72.0 Å². The molecule has 7 heterocycles. The summed E-state index contributed by atoms with van der Waals surface area (Å²) in [5, 5.41) is 54.2. The van der Waals surface area contributed by atoms with E-state index in [2.05, 4.69) is 52.6 Å². The van der Waals surface area contributed by atoms with Crippen molar-refractivity contribution in [2.75, 3.05) is 53.9 Å². The van der Waals surface area contributed by atoms with Crippen molar-refractivity contribution < 1.29 is 29.9 Å². The van der Waals surface area contributed by atoms with Crippen molar-refractivity contribution in [3.63, 3.8) is 0 Å². The van der Waals surface area contributed by atoms with Crippen molar-refractivity contribution in [3.05, 3.63) is 197 Å². The molecule has 19 rings (SSSR count). The van der Waals surface area contributed by atoms with Crippen LogP contribution in [0.2, 0.25) is 50.2 Å². The maximum atomic E-state index is 13.2. The molecule has 6 saturated carbocycles. The van der Waals surface area contributed by atoms with E-state index in [-0.39, 0.29) is 167 Å². The minimum absolute atomic E-state index is 0.0555. The van der Waals surface area contributed by atoms with Gasteiger partial charge in [-0.1, -0.05) is 160 Å². The lowest BCUT2D eigenvalue weighted by atomic mass is 9.94. The first-order valence-electron chi connectivity index (χ1n) is 44.0. The predicted molar refractivity (Wildman–Crippen MR) is 511 cm³/mol. The molecule has 0 bridgehead atoms. The van der Waals surface area contributed by atoms with Crippen LogP contribution in [0.15, 0.2) is 78.6 Å². The summed E-state index contributed by atoms with van der Waals surface area (Å²) in [6.07, 6.45) is 28.7. The molecule has 0 amide bonds. The van der Waals surface area contributed by atoms with Crippen LogP contribution < -0.4 is 27.8 Å². The Morgan fingerprint density at radius 1 is 0.357 bits per heavy atom. The molecule has 25 nitrogen and oxygen atoms in total. The zero-order valence-electron chi connectivity index (χ0n) is 71.8. The van der Waals surface area contributed by atoms with Crippen LogP contribution in [0.4, 0.5) is 4.39 Å². The van der Waals surface area contributed by atoms with Gasteiger partial charge in [0.25, 0.3) is 27.8 Å². The molecule has 5 N–H and O–H groups in total. The number of phenols is 5. The summed E-state index contributed by atoms with van der Waals surface area (Å²) in [6.45, 7) is 10.8. The van der Waals surface area contributed by atoms with Gasteiger partial charge in [0.2, 0.25) is 0 Å². The molecule has 2 aliphatic heterocycles. The number of nitrogens with zero attached hydrogens (tertiary/aromatic N) is 15. The molecule has 6 aliphatic carbocycles. The van der Waals surface area contributed by atoms with Gasteiger partial charge in [-0.2, -0.15) is 0 Å². The molecule has 129 heavy (non-hydrogen) atoms. The van der Waals surface area contributed by atoms with Crippen molar-refractivity contribution in [2.45, 2.75) is 206 Å². The van der Waals surface area contributed by atoms with E-state index in [4.69, 9.17) is 122 Å². The van der Waals surface area contributed by atoms with E-state index in [1.54, 1.807) is 35.0 Å². The molecule has 0 unspecified atom stereocenters. The molecule has 686 valence electrons. The van der Waals surface area contributed by atoms with E-state index in [0.717, 1.165) is 96.0 Å². The van der Waals surface area contributed by atoms with E-state index >= 15 is 0 Å². The lowest BCUT2D eigenvalue weighted by molar-refractivity contribution is 0.178. The normalized spacial score (nSPS) is 16.8. The SMILES string of the molecule is C#CCN(C)Cc1nc2c(O)c(Cl)cc(Cl)c2c(=O)n1CC1CC1.CN(Cc1ccc(F)cc1)Cc1nc2c(O)c(Cl)cc(Cl)c2c(=O)n1CC1CC1.CN(Cc1nc2c(O)c(Cl)cc(Cl)c2c(=O)n1CC1CC1)C1CCCCC1.O=c1c2c(Cl)cc(Cl)c(O)c2nc(CN2CCCC2)n1CC1CC1.O=c1c2c(Cl)cc(Cl)c(O)c2nc(CN2CCCCC2)n1CC1CC1. The Bertz CT molecular complexity index is 6450.